The van der Waals surface area contributed by atoms with Gasteiger partial charge in [-0.15, -0.1) is 11.8 Å². The van der Waals surface area contributed by atoms with Gasteiger partial charge in [-0.25, -0.2) is 0 Å². The Balaban J connectivity index is 2.38. The molecular weight excluding hydrogens is 200 g/mol. The zero-order valence-corrected chi connectivity index (χ0v) is 8.50. The van der Waals surface area contributed by atoms with Crippen LogP contribution >= 0.6 is 11.8 Å². The molecule has 0 radical (unpaired) electrons. The van der Waals surface area contributed by atoms with Crippen molar-refractivity contribution in [3.63, 3.8) is 0 Å². The molecule has 0 bridgehead atoms. The molecule has 2 rings (SSSR count). The number of fused-ring (bicyclic) bond motifs is 1. The van der Waals surface area contributed by atoms with E-state index in [4.69, 9.17) is 9.84 Å². The molecule has 0 saturated carbocycles. The normalized spacial score (nSPS) is 19.1. The third-order valence-electron chi connectivity index (χ3n) is 2.30. The van der Waals surface area contributed by atoms with Gasteiger partial charge in [0, 0.05) is 10.6 Å². The van der Waals surface area contributed by atoms with Crippen LogP contribution in [0.25, 0.3) is 0 Å². The van der Waals surface area contributed by atoms with E-state index in [0.717, 1.165) is 16.2 Å². The van der Waals surface area contributed by atoms with E-state index in [0.29, 0.717) is 5.75 Å². The predicted molar refractivity (Wildman–Crippen MR) is 54.1 cm³/mol. The minimum absolute atomic E-state index is 0.360. The fourth-order valence-electron chi connectivity index (χ4n) is 1.52. The van der Waals surface area contributed by atoms with Crippen molar-refractivity contribution in [2.75, 3.05) is 12.9 Å². The van der Waals surface area contributed by atoms with Crippen LogP contribution in [-0.4, -0.2) is 23.9 Å². The fraction of sp³-hybridized carbons (Fsp3) is 0.300. The van der Waals surface area contributed by atoms with Gasteiger partial charge in [-0.3, -0.25) is 4.79 Å². The van der Waals surface area contributed by atoms with Crippen LogP contribution in [0.5, 0.6) is 5.75 Å². The van der Waals surface area contributed by atoms with Crippen molar-refractivity contribution in [3.05, 3.63) is 23.8 Å². The first-order chi connectivity index (χ1) is 6.72. The van der Waals surface area contributed by atoms with E-state index in [9.17, 15) is 4.79 Å². The molecule has 0 spiro atoms. The van der Waals surface area contributed by atoms with E-state index in [2.05, 4.69) is 0 Å². The van der Waals surface area contributed by atoms with Crippen LogP contribution in [0, 0.1) is 0 Å². The number of methoxy groups -OCH3 is 1. The Morgan fingerprint density at radius 1 is 1.64 bits per heavy atom. The van der Waals surface area contributed by atoms with Crippen LogP contribution in [-0.2, 0) is 4.79 Å². The van der Waals surface area contributed by atoms with Gasteiger partial charge < -0.3 is 9.84 Å². The summed E-state index contributed by atoms with van der Waals surface area (Å²) in [5.41, 5.74) is 0.906. The lowest BCUT2D eigenvalue weighted by Gasteiger charge is -2.05. The second-order valence-electron chi connectivity index (χ2n) is 3.11. The SMILES string of the molecule is COc1ccc2c(c1)SCC2C(=O)O. The summed E-state index contributed by atoms with van der Waals surface area (Å²) in [4.78, 5) is 11.9. The fourth-order valence-corrected chi connectivity index (χ4v) is 2.77. The first-order valence-corrected chi connectivity index (χ1v) is 5.24. The molecule has 0 amide bonds. The number of carboxylic acid groups (broad SMARTS) is 1. The molecule has 3 nitrogen and oxygen atoms in total. The molecule has 1 heterocycles. The zero-order chi connectivity index (χ0) is 10.1. The van der Waals surface area contributed by atoms with E-state index in [1.165, 1.54) is 0 Å². The number of ether oxygens (including phenoxy) is 1. The van der Waals surface area contributed by atoms with E-state index >= 15 is 0 Å². The zero-order valence-electron chi connectivity index (χ0n) is 7.69. The molecule has 0 aliphatic carbocycles. The number of carbonyl (C=O) groups is 1. The summed E-state index contributed by atoms with van der Waals surface area (Å²) in [6, 6.07) is 5.54. The van der Waals surface area contributed by atoms with E-state index in [-0.39, 0.29) is 5.92 Å². The molecule has 4 heteroatoms. The van der Waals surface area contributed by atoms with Crippen LogP contribution in [0.2, 0.25) is 0 Å². The minimum atomic E-state index is -0.749. The Hall–Kier alpha value is -1.16. The predicted octanol–water partition coefficient (Wildman–Crippen LogP) is 1.97. The number of aliphatic carboxylic acids is 1. The highest BCUT2D eigenvalue weighted by molar-refractivity contribution is 7.99. The number of benzene rings is 1. The summed E-state index contributed by atoms with van der Waals surface area (Å²) in [5, 5.41) is 8.94. The average Bonchev–Trinajstić information content (AvgIpc) is 2.59. The van der Waals surface area contributed by atoms with Gasteiger partial charge in [0.2, 0.25) is 0 Å². The number of hydrogen-bond donors (Lipinski definition) is 1. The van der Waals surface area contributed by atoms with Crippen molar-refractivity contribution in [1.29, 1.82) is 0 Å². The highest BCUT2D eigenvalue weighted by Gasteiger charge is 2.29. The summed E-state index contributed by atoms with van der Waals surface area (Å²) in [5.74, 6) is 0.294. The van der Waals surface area contributed by atoms with Crippen LogP contribution in [0.4, 0.5) is 0 Å². The van der Waals surface area contributed by atoms with E-state index < -0.39 is 5.97 Å². The van der Waals surface area contributed by atoms with Crippen molar-refractivity contribution in [1.82, 2.24) is 0 Å². The molecule has 0 aromatic heterocycles. The lowest BCUT2D eigenvalue weighted by molar-refractivity contribution is -0.138. The largest absolute Gasteiger partial charge is 0.497 e. The van der Waals surface area contributed by atoms with Crippen molar-refractivity contribution in [2.45, 2.75) is 10.8 Å². The van der Waals surface area contributed by atoms with Gasteiger partial charge in [-0.1, -0.05) is 6.07 Å². The lowest BCUT2D eigenvalue weighted by Crippen LogP contribution is -2.10. The molecule has 1 aromatic rings. The number of hydrogen-bond acceptors (Lipinski definition) is 3. The first-order valence-electron chi connectivity index (χ1n) is 4.26. The van der Waals surface area contributed by atoms with Gasteiger partial charge in [0.1, 0.15) is 5.75 Å². The van der Waals surface area contributed by atoms with Crippen LogP contribution in [0.15, 0.2) is 23.1 Å². The van der Waals surface area contributed by atoms with E-state index in [1.54, 1.807) is 24.9 Å². The standard InChI is InChI=1S/C10H10O3S/c1-13-6-2-3-7-8(10(11)12)5-14-9(7)4-6/h2-4,8H,5H2,1H3,(H,11,12). The number of rotatable bonds is 2. The summed E-state index contributed by atoms with van der Waals surface area (Å²) in [6.07, 6.45) is 0. The maximum Gasteiger partial charge on any atom is 0.311 e. The summed E-state index contributed by atoms with van der Waals surface area (Å²) in [6.45, 7) is 0. The van der Waals surface area contributed by atoms with Crippen LogP contribution in [0.3, 0.4) is 0 Å². The molecule has 1 atom stereocenters. The van der Waals surface area contributed by atoms with Gasteiger partial charge >= 0.3 is 5.97 Å². The first kappa shape index (κ1) is 9.40. The van der Waals surface area contributed by atoms with Crippen molar-refractivity contribution in [2.24, 2.45) is 0 Å². The third-order valence-corrected chi connectivity index (χ3v) is 3.46. The maximum absolute atomic E-state index is 10.9. The molecule has 1 unspecified atom stereocenters. The van der Waals surface area contributed by atoms with Gasteiger partial charge in [-0.05, 0) is 17.7 Å². The number of thioether (sulfide) groups is 1. The topological polar surface area (TPSA) is 46.5 Å². The second kappa shape index (κ2) is 3.53. The lowest BCUT2D eigenvalue weighted by atomic mass is 10.0. The third kappa shape index (κ3) is 1.46. The van der Waals surface area contributed by atoms with Gasteiger partial charge in [-0.2, -0.15) is 0 Å². The summed E-state index contributed by atoms with van der Waals surface area (Å²) >= 11 is 1.57. The molecule has 1 aliphatic heterocycles. The summed E-state index contributed by atoms with van der Waals surface area (Å²) < 4.78 is 5.07. The Morgan fingerprint density at radius 2 is 2.43 bits per heavy atom. The Kier molecular flexibility index (Phi) is 2.37. The molecule has 0 fully saturated rings. The average molecular weight is 210 g/mol. The van der Waals surface area contributed by atoms with Gasteiger partial charge in [0.25, 0.3) is 0 Å². The monoisotopic (exact) mass is 210 g/mol. The minimum Gasteiger partial charge on any atom is -0.497 e. The highest BCUT2D eigenvalue weighted by atomic mass is 32.2. The van der Waals surface area contributed by atoms with Crippen molar-refractivity contribution < 1.29 is 14.6 Å². The van der Waals surface area contributed by atoms with Crippen LogP contribution in [0.1, 0.15) is 11.5 Å². The molecule has 0 saturated heterocycles. The Bertz CT molecular complexity index is 376. The quantitative estimate of drug-likeness (QED) is 0.810. The molecule has 14 heavy (non-hydrogen) atoms. The van der Waals surface area contributed by atoms with Gasteiger partial charge in [0.05, 0.1) is 13.0 Å². The van der Waals surface area contributed by atoms with Gasteiger partial charge in [0.15, 0.2) is 0 Å². The molecular formula is C10H10O3S. The molecule has 1 aliphatic rings. The number of carboxylic acids is 1. The Labute approximate surface area is 86.1 Å². The van der Waals surface area contributed by atoms with E-state index in [1.807, 2.05) is 12.1 Å². The maximum atomic E-state index is 10.9. The highest BCUT2D eigenvalue weighted by Crippen LogP contribution is 2.41. The smallest absolute Gasteiger partial charge is 0.311 e. The molecule has 1 N–H and O–H groups in total. The van der Waals surface area contributed by atoms with Crippen LogP contribution < -0.4 is 4.74 Å². The molecule has 1 aromatic carbocycles. The van der Waals surface area contributed by atoms with Crippen molar-refractivity contribution in [3.8, 4) is 5.75 Å². The molecule has 74 valence electrons. The summed E-state index contributed by atoms with van der Waals surface area (Å²) in [7, 11) is 1.61. The van der Waals surface area contributed by atoms with Crippen molar-refractivity contribution >= 4 is 17.7 Å². The second-order valence-corrected chi connectivity index (χ2v) is 4.17. The Morgan fingerprint density at radius 3 is 3.07 bits per heavy atom.